The van der Waals surface area contributed by atoms with E-state index in [1.165, 1.54) is 23.0 Å². The smallest absolute Gasteiger partial charge is 0.273 e. The number of nitrogens with one attached hydrogen (secondary N) is 1. The SMILES string of the molecule is COCCNC(=O)c1coc(CN(Cc2cc(C)ccc2C)C(C)C)n1. The summed E-state index contributed by atoms with van der Waals surface area (Å²) in [4.78, 5) is 18.6. The maximum absolute atomic E-state index is 12.0. The van der Waals surface area contributed by atoms with Gasteiger partial charge in [0.15, 0.2) is 5.69 Å². The van der Waals surface area contributed by atoms with Gasteiger partial charge in [-0.1, -0.05) is 23.8 Å². The lowest BCUT2D eigenvalue weighted by Crippen LogP contribution is -2.30. The van der Waals surface area contributed by atoms with E-state index in [4.69, 9.17) is 9.15 Å². The molecule has 0 aliphatic heterocycles. The van der Waals surface area contributed by atoms with E-state index >= 15 is 0 Å². The van der Waals surface area contributed by atoms with Crippen LogP contribution in [0.5, 0.6) is 0 Å². The minimum atomic E-state index is -0.248. The highest BCUT2D eigenvalue weighted by Crippen LogP contribution is 2.17. The number of ether oxygens (including phenoxy) is 1. The van der Waals surface area contributed by atoms with E-state index in [0.29, 0.717) is 37.3 Å². The Labute approximate surface area is 155 Å². The van der Waals surface area contributed by atoms with E-state index in [1.54, 1.807) is 7.11 Å². The summed E-state index contributed by atoms with van der Waals surface area (Å²) in [7, 11) is 1.59. The highest BCUT2D eigenvalue weighted by atomic mass is 16.5. The van der Waals surface area contributed by atoms with Gasteiger partial charge in [0.05, 0.1) is 13.2 Å². The van der Waals surface area contributed by atoms with Crippen LogP contribution in [0.25, 0.3) is 0 Å². The van der Waals surface area contributed by atoms with Crippen LogP contribution in [0, 0.1) is 13.8 Å². The van der Waals surface area contributed by atoms with Gasteiger partial charge in [0, 0.05) is 26.2 Å². The van der Waals surface area contributed by atoms with Crippen molar-refractivity contribution in [2.24, 2.45) is 0 Å². The first-order valence-corrected chi connectivity index (χ1v) is 8.92. The standard InChI is InChI=1S/C20H29N3O3/c1-14(2)23(11-17-10-15(3)6-7-16(17)4)12-19-22-18(13-26-19)20(24)21-8-9-25-5/h6-7,10,13-14H,8-9,11-12H2,1-5H3,(H,21,24). The number of aryl methyl sites for hydroxylation is 2. The largest absolute Gasteiger partial charge is 0.447 e. The first-order valence-electron chi connectivity index (χ1n) is 8.92. The molecule has 0 unspecified atom stereocenters. The van der Waals surface area contributed by atoms with Crippen LogP contribution in [0.2, 0.25) is 0 Å². The third-order valence-electron chi connectivity index (χ3n) is 4.32. The Balaban J connectivity index is 2.04. The molecule has 0 aliphatic rings. The third kappa shape index (κ3) is 5.68. The van der Waals surface area contributed by atoms with Crippen molar-refractivity contribution in [3.8, 4) is 0 Å². The van der Waals surface area contributed by atoms with Crippen molar-refractivity contribution in [1.82, 2.24) is 15.2 Å². The number of oxazole rings is 1. The van der Waals surface area contributed by atoms with Gasteiger partial charge in [0.25, 0.3) is 5.91 Å². The minimum Gasteiger partial charge on any atom is -0.447 e. The predicted octanol–water partition coefficient (Wildman–Crippen LogP) is 3.08. The molecule has 0 spiro atoms. The summed E-state index contributed by atoms with van der Waals surface area (Å²) in [6.45, 7) is 10.8. The second kappa shape index (κ2) is 9.50. The van der Waals surface area contributed by atoms with Crippen LogP contribution in [0.1, 0.15) is 46.9 Å². The lowest BCUT2D eigenvalue weighted by atomic mass is 10.0. The van der Waals surface area contributed by atoms with E-state index in [1.807, 2.05) is 0 Å². The number of benzene rings is 1. The molecule has 0 saturated carbocycles. The maximum Gasteiger partial charge on any atom is 0.273 e. The molecule has 142 valence electrons. The fourth-order valence-corrected chi connectivity index (χ4v) is 2.63. The van der Waals surface area contributed by atoms with Gasteiger partial charge in [-0.15, -0.1) is 0 Å². The Bertz CT molecular complexity index is 725. The number of carbonyl (C=O) groups excluding carboxylic acids is 1. The molecule has 6 nitrogen and oxygen atoms in total. The molecule has 2 aromatic rings. The molecule has 2 rings (SSSR count). The fourth-order valence-electron chi connectivity index (χ4n) is 2.63. The van der Waals surface area contributed by atoms with Crippen molar-refractivity contribution in [2.45, 2.75) is 46.8 Å². The molecule has 1 amide bonds. The Morgan fingerprint density at radius 2 is 2.08 bits per heavy atom. The van der Waals surface area contributed by atoms with Crippen LogP contribution < -0.4 is 5.32 Å². The van der Waals surface area contributed by atoms with Crippen molar-refractivity contribution in [1.29, 1.82) is 0 Å². The molecule has 0 radical (unpaired) electrons. The van der Waals surface area contributed by atoms with Gasteiger partial charge in [-0.25, -0.2) is 4.98 Å². The highest BCUT2D eigenvalue weighted by molar-refractivity contribution is 5.91. The van der Waals surface area contributed by atoms with Gasteiger partial charge < -0.3 is 14.5 Å². The molecule has 0 bridgehead atoms. The summed E-state index contributed by atoms with van der Waals surface area (Å²) < 4.78 is 10.4. The van der Waals surface area contributed by atoms with Crippen LogP contribution in [0.3, 0.4) is 0 Å². The number of carbonyl (C=O) groups is 1. The quantitative estimate of drug-likeness (QED) is 0.697. The van der Waals surface area contributed by atoms with Crippen LogP contribution in [-0.2, 0) is 17.8 Å². The number of hydrogen-bond acceptors (Lipinski definition) is 5. The minimum absolute atomic E-state index is 0.248. The topological polar surface area (TPSA) is 67.6 Å². The molecule has 1 aromatic carbocycles. The Kier molecular flexibility index (Phi) is 7.36. The number of amides is 1. The fraction of sp³-hybridized carbons (Fsp3) is 0.500. The molecule has 26 heavy (non-hydrogen) atoms. The Hall–Kier alpha value is -2.18. The summed E-state index contributed by atoms with van der Waals surface area (Å²) in [6, 6.07) is 6.81. The zero-order valence-electron chi connectivity index (χ0n) is 16.3. The molecule has 1 aromatic heterocycles. The van der Waals surface area contributed by atoms with Gasteiger partial charge in [-0.2, -0.15) is 0 Å². The monoisotopic (exact) mass is 359 g/mol. The molecule has 0 atom stereocenters. The van der Waals surface area contributed by atoms with Gasteiger partial charge >= 0.3 is 0 Å². The average Bonchev–Trinajstić information content (AvgIpc) is 3.06. The summed E-state index contributed by atoms with van der Waals surface area (Å²) in [5.41, 5.74) is 4.11. The Morgan fingerprint density at radius 1 is 1.31 bits per heavy atom. The molecule has 1 N–H and O–H groups in total. The van der Waals surface area contributed by atoms with Crippen molar-refractivity contribution < 1.29 is 13.9 Å². The number of aromatic nitrogens is 1. The van der Waals surface area contributed by atoms with Gasteiger partial charge in [-0.05, 0) is 38.8 Å². The maximum atomic E-state index is 12.0. The number of rotatable bonds is 9. The molecule has 0 aliphatic carbocycles. The zero-order chi connectivity index (χ0) is 19.1. The third-order valence-corrected chi connectivity index (χ3v) is 4.32. The highest BCUT2D eigenvalue weighted by Gasteiger charge is 2.17. The van der Waals surface area contributed by atoms with E-state index in [0.717, 1.165) is 6.54 Å². The van der Waals surface area contributed by atoms with Crippen molar-refractivity contribution in [2.75, 3.05) is 20.3 Å². The van der Waals surface area contributed by atoms with Crippen LogP contribution in [0.4, 0.5) is 0 Å². The summed E-state index contributed by atoms with van der Waals surface area (Å²) in [6.07, 6.45) is 1.41. The second-order valence-corrected chi connectivity index (χ2v) is 6.80. The van der Waals surface area contributed by atoms with Crippen molar-refractivity contribution in [3.05, 3.63) is 52.7 Å². The lowest BCUT2D eigenvalue weighted by molar-refractivity contribution is 0.0932. The molecule has 0 saturated heterocycles. The molecular weight excluding hydrogens is 330 g/mol. The molecule has 0 fully saturated rings. The van der Waals surface area contributed by atoms with Crippen LogP contribution in [0.15, 0.2) is 28.9 Å². The van der Waals surface area contributed by atoms with Crippen molar-refractivity contribution in [3.63, 3.8) is 0 Å². The van der Waals surface area contributed by atoms with Gasteiger partial charge in [0.1, 0.15) is 6.26 Å². The first kappa shape index (κ1) is 20.1. The number of hydrogen-bond donors (Lipinski definition) is 1. The van der Waals surface area contributed by atoms with Crippen LogP contribution >= 0.6 is 0 Å². The predicted molar refractivity (Wildman–Crippen MR) is 101 cm³/mol. The van der Waals surface area contributed by atoms with Crippen molar-refractivity contribution >= 4 is 5.91 Å². The number of methoxy groups -OCH3 is 1. The summed E-state index contributed by atoms with van der Waals surface area (Å²) in [5, 5.41) is 2.74. The lowest BCUT2D eigenvalue weighted by Gasteiger charge is -2.26. The van der Waals surface area contributed by atoms with E-state index in [-0.39, 0.29) is 5.91 Å². The van der Waals surface area contributed by atoms with Gasteiger partial charge in [0.2, 0.25) is 5.89 Å². The van der Waals surface area contributed by atoms with E-state index < -0.39 is 0 Å². The normalized spacial score (nSPS) is 11.3. The Morgan fingerprint density at radius 3 is 2.77 bits per heavy atom. The zero-order valence-corrected chi connectivity index (χ0v) is 16.3. The number of nitrogens with zero attached hydrogens (tertiary/aromatic N) is 2. The summed E-state index contributed by atoms with van der Waals surface area (Å²) in [5.74, 6) is 0.295. The second-order valence-electron chi connectivity index (χ2n) is 6.80. The molecule has 6 heteroatoms. The van der Waals surface area contributed by atoms with E-state index in [2.05, 4.69) is 61.1 Å². The average molecular weight is 359 g/mol. The van der Waals surface area contributed by atoms with Crippen LogP contribution in [-0.4, -0.2) is 42.1 Å². The molecule has 1 heterocycles. The molecular formula is C20H29N3O3. The summed E-state index contributed by atoms with van der Waals surface area (Å²) >= 11 is 0. The van der Waals surface area contributed by atoms with Gasteiger partial charge in [-0.3, -0.25) is 9.69 Å². The van der Waals surface area contributed by atoms with E-state index in [9.17, 15) is 4.79 Å². The first-order chi connectivity index (χ1) is 12.4.